The summed E-state index contributed by atoms with van der Waals surface area (Å²) in [5.41, 5.74) is 0.378. The van der Waals surface area contributed by atoms with Gasteiger partial charge in [0.05, 0.1) is 17.5 Å². The van der Waals surface area contributed by atoms with Crippen LogP contribution in [0.5, 0.6) is 0 Å². The summed E-state index contributed by atoms with van der Waals surface area (Å²) in [5.74, 6) is 0.431. The van der Waals surface area contributed by atoms with Gasteiger partial charge in [-0.1, -0.05) is 12.8 Å². The van der Waals surface area contributed by atoms with E-state index in [4.69, 9.17) is 0 Å². The molecule has 0 aromatic carbocycles. The molecular weight excluding hydrogens is 326 g/mol. The zero-order chi connectivity index (χ0) is 17.3. The smallest absolute Gasteiger partial charge is 0.259 e. The normalized spacial score (nSPS) is 16.6. The number of fused-ring (bicyclic) bond motifs is 1. The van der Waals surface area contributed by atoms with E-state index in [0.29, 0.717) is 17.6 Å². The van der Waals surface area contributed by atoms with Crippen LogP contribution in [-0.2, 0) is 11.2 Å². The van der Waals surface area contributed by atoms with Crippen molar-refractivity contribution in [3.8, 4) is 0 Å². The van der Waals surface area contributed by atoms with Crippen LogP contribution < -0.4 is 10.9 Å². The molecule has 1 fully saturated rings. The van der Waals surface area contributed by atoms with Crippen molar-refractivity contribution in [2.24, 2.45) is 0 Å². The number of hydrogen-bond acceptors (Lipinski definition) is 5. The zero-order valence-electron chi connectivity index (χ0n) is 14.1. The lowest BCUT2D eigenvalue weighted by Crippen LogP contribution is -2.49. The molecule has 3 N–H and O–H groups in total. The molecule has 1 aliphatic rings. The van der Waals surface area contributed by atoms with E-state index in [1.54, 1.807) is 0 Å². The molecule has 7 heteroatoms. The van der Waals surface area contributed by atoms with Gasteiger partial charge in [-0.05, 0) is 32.3 Å². The molecule has 1 saturated carbocycles. The number of H-pyrrole nitrogens is 1. The van der Waals surface area contributed by atoms with Crippen LogP contribution in [0.1, 0.15) is 48.4 Å². The number of rotatable bonds is 5. The Balaban J connectivity index is 1.69. The highest BCUT2D eigenvalue weighted by Gasteiger charge is 2.34. The molecule has 2 aromatic heterocycles. The molecule has 130 valence electrons. The number of aromatic nitrogens is 2. The van der Waals surface area contributed by atoms with E-state index in [2.05, 4.69) is 15.3 Å². The largest absolute Gasteiger partial charge is 0.394 e. The minimum atomic E-state index is -0.455. The molecule has 3 rings (SSSR count). The fourth-order valence-corrected chi connectivity index (χ4v) is 4.43. The van der Waals surface area contributed by atoms with Crippen LogP contribution in [0.2, 0.25) is 0 Å². The summed E-state index contributed by atoms with van der Waals surface area (Å²) in [6.45, 7) is 3.88. The van der Waals surface area contributed by atoms with Crippen LogP contribution >= 0.6 is 11.3 Å². The number of aliphatic hydroxyl groups is 1. The van der Waals surface area contributed by atoms with E-state index < -0.39 is 5.54 Å². The second-order valence-corrected chi connectivity index (χ2v) is 7.87. The van der Waals surface area contributed by atoms with Crippen LogP contribution in [-0.4, -0.2) is 33.1 Å². The third-order valence-electron chi connectivity index (χ3n) is 4.94. The number of nitrogens with one attached hydrogen (secondary N) is 2. The Hall–Kier alpha value is -1.73. The molecule has 24 heavy (non-hydrogen) atoms. The summed E-state index contributed by atoms with van der Waals surface area (Å²) in [6, 6.07) is 0. The quantitative estimate of drug-likeness (QED) is 0.769. The van der Waals surface area contributed by atoms with Crippen molar-refractivity contribution in [1.82, 2.24) is 15.3 Å². The number of amides is 1. The summed E-state index contributed by atoms with van der Waals surface area (Å²) >= 11 is 1.51. The lowest BCUT2D eigenvalue weighted by Gasteiger charge is -2.27. The van der Waals surface area contributed by atoms with Crippen LogP contribution in [0.3, 0.4) is 0 Å². The first-order valence-corrected chi connectivity index (χ1v) is 9.16. The number of thiophene rings is 1. The number of hydrogen-bond donors (Lipinski definition) is 3. The monoisotopic (exact) mass is 349 g/mol. The first-order valence-electron chi connectivity index (χ1n) is 8.35. The van der Waals surface area contributed by atoms with E-state index in [1.165, 1.54) is 11.3 Å². The first-order chi connectivity index (χ1) is 11.4. The molecule has 0 aliphatic heterocycles. The Morgan fingerprint density at radius 3 is 2.75 bits per heavy atom. The van der Waals surface area contributed by atoms with Crippen LogP contribution in [0.4, 0.5) is 0 Å². The Bertz CT molecular complexity index is 818. The standard InChI is InChI=1S/C17H23N3O3S/c1-10-11(2)24-16-14(10)15(23)18-12(19-16)5-6-13(22)20-17(9-21)7-3-4-8-17/h21H,3-9H2,1-2H3,(H,20,22)(H,18,19,23). The number of aryl methyl sites for hydroxylation is 3. The fourth-order valence-electron chi connectivity index (χ4n) is 3.38. The second-order valence-electron chi connectivity index (χ2n) is 6.67. The van der Waals surface area contributed by atoms with Gasteiger partial charge in [-0.3, -0.25) is 9.59 Å². The minimum Gasteiger partial charge on any atom is -0.394 e. The van der Waals surface area contributed by atoms with Crippen LogP contribution in [0.25, 0.3) is 10.2 Å². The van der Waals surface area contributed by atoms with Gasteiger partial charge in [0, 0.05) is 17.7 Å². The van der Waals surface area contributed by atoms with E-state index in [0.717, 1.165) is 41.0 Å². The summed E-state index contributed by atoms with van der Waals surface area (Å²) in [4.78, 5) is 33.5. The van der Waals surface area contributed by atoms with E-state index in [-0.39, 0.29) is 24.5 Å². The van der Waals surface area contributed by atoms with Gasteiger partial charge in [-0.2, -0.15) is 0 Å². The lowest BCUT2D eigenvalue weighted by atomic mass is 9.98. The average Bonchev–Trinajstić information content (AvgIpc) is 3.11. The SMILES string of the molecule is Cc1sc2nc(CCC(=O)NC3(CO)CCCC3)[nH]c(=O)c2c1C. The van der Waals surface area contributed by atoms with E-state index in [1.807, 2.05) is 13.8 Å². The maximum absolute atomic E-state index is 12.2. The molecule has 0 atom stereocenters. The predicted molar refractivity (Wildman–Crippen MR) is 94.5 cm³/mol. The first kappa shape index (κ1) is 17.1. The molecule has 6 nitrogen and oxygen atoms in total. The molecule has 0 bridgehead atoms. The Morgan fingerprint density at radius 1 is 1.38 bits per heavy atom. The summed E-state index contributed by atoms with van der Waals surface area (Å²) in [6.07, 6.45) is 4.34. The van der Waals surface area contributed by atoms with Crippen molar-refractivity contribution in [2.45, 2.75) is 57.9 Å². The topological polar surface area (TPSA) is 95.1 Å². The van der Waals surface area contributed by atoms with Crippen molar-refractivity contribution in [3.63, 3.8) is 0 Å². The van der Waals surface area contributed by atoms with Gasteiger partial charge >= 0.3 is 0 Å². The number of carbonyl (C=O) groups is 1. The molecule has 2 aromatic rings. The Morgan fingerprint density at radius 2 is 2.08 bits per heavy atom. The van der Waals surface area contributed by atoms with Crippen molar-refractivity contribution >= 4 is 27.5 Å². The van der Waals surface area contributed by atoms with Gasteiger partial charge in [-0.25, -0.2) is 4.98 Å². The van der Waals surface area contributed by atoms with Gasteiger partial charge < -0.3 is 15.4 Å². The van der Waals surface area contributed by atoms with Crippen molar-refractivity contribution < 1.29 is 9.90 Å². The highest BCUT2D eigenvalue weighted by Crippen LogP contribution is 2.29. The average molecular weight is 349 g/mol. The number of aliphatic hydroxyl groups excluding tert-OH is 1. The summed E-state index contributed by atoms with van der Waals surface area (Å²) in [7, 11) is 0. The molecule has 0 unspecified atom stereocenters. The number of carbonyl (C=O) groups excluding carboxylic acids is 1. The zero-order valence-corrected chi connectivity index (χ0v) is 14.9. The summed E-state index contributed by atoms with van der Waals surface area (Å²) in [5, 5.41) is 13.2. The highest BCUT2D eigenvalue weighted by molar-refractivity contribution is 7.18. The minimum absolute atomic E-state index is 0.0203. The highest BCUT2D eigenvalue weighted by atomic mass is 32.1. The van der Waals surface area contributed by atoms with Crippen molar-refractivity contribution in [3.05, 3.63) is 26.6 Å². The maximum Gasteiger partial charge on any atom is 0.259 e. The van der Waals surface area contributed by atoms with Gasteiger partial charge in [-0.15, -0.1) is 11.3 Å². The van der Waals surface area contributed by atoms with Crippen LogP contribution in [0.15, 0.2) is 4.79 Å². The molecule has 2 heterocycles. The van der Waals surface area contributed by atoms with Gasteiger partial charge in [0.1, 0.15) is 10.7 Å². The second kappa shape index (κ2) is 6.64. The molecule has 0 radical (unpaired) electrons. The Labute approximate surface area is 144 Å². The Kier molecular flexibility index (Phi) is 4.73. The lowest BCUT2D eigenvalue weighted by molar-refractivity contribution is -0.123. The fraction of sp³-hybridized carbons (Fsp3) is 0.588. The molecule has 0 spiro atoms. The van der Waals surface area contributed by atoms with Crippen molar-refractivity contribution in [1.29, 1.82) is 0 Å². The van der Waals surface area contributed by atoms with Gasteiger partial charge in [0.25, 0.3) is 5.56 Å². The summed E-state index contributed by atoms with van der Waals surface area (Å²) < 4.78 is 0. The molecule has 0 saturated heterocycles. The third-order valence-corrected chi connectivity index (χ3v) is 6.05. The predicted octanol–water partition coefficient (Wildman–Crippen LogP) is 1.96. The molecular formula is C17H23N3O3S. The molecule has 1 amide bonds. The maximum atomic E-state index is 12.2. The van der Waals surface area contributed by atoms with Gasteiger partial charge in [0.2, 0.25) is 5.91 Å². The van der Waals surface area contributed by atoms with E-state index >= 15 is 0 Å². The van der Waals surface area contributed by atoms with Crippen molar-refractivity contribution in [2.75, 3.05) is 6.61 Å². The molecule has 1 aliphatic carbocycles. The number of nitrogens with zero attached hydrogens (tertiary/aromatic N) is 1. The third kappa shape index (κ3) is 3.23. The number of aromatic amines is 1. The van der Waals surface area contributed by atoms with Crippen LogP contribution in [0, 0.1) is 13.8 Å². The van der Waals surface area contributed by atoms with Gasteiger partial charge in [0.15, 0.2) is 0 Å². The van der Waals surface area contributed by atoms with E-state index in [9.17, 15) is 14.7 Å².